The SMILES string of the molecule is CC1CCCCCC1N1CCCNC(C2CCCCC2)C1. The van der Waals surface area contributed by atoms with Gasteiger partial charge < -0.3 is 5.32 Å². The largest absolute Gasteiger partial charge is 0.312 e. The van der Waals surface area contributed by atoms with Gasteiger partial charge in [0, 0.05) is 18.6 Å². The minimum atomic E-state index is 0.781. The van der Waals surface area contributed by atoms with Gasteiger partial charge in [-0.2, -0.15) is 0 Å². The molecule has 0 spiro atoms. The van der Waals surface area contributed by atoms with Crippen LogP contribution in [0.25, 0.3) is 0 Å². The first kappa shape index (κ1) is 15.8. The van der Waals surface area contributed by atoms with Crippen LogP contribution in [-0.2, 0) is 0 Å². The van der Waals surface area contributed by atoms with Crippen molar-refractivity contribution < 1.29 is 0 Å². The van der Waals surface area contributed by atoms with Gasteiger partial charge >= 0.3 is 0 Å². The Morgan fingerprint density at radius 1 is 0.810 bits per heavy atom. The second kappa shape index (κ2) is 7.97. The van der Waals surface area contributed by atoms with Gasteiger partial charge in [-0.1, -0.05) is 45.4 Å². The van der Waals surface area contributed by atoms with E-state index in [1.54, 1.807) is 0 Å². The summed E-state index contributed by atoms with van der Waals surface area (Å²) >= 11 is 0. The Morgan fingerprint density at radius 2 is 1.52 bits per heavy atom. The normalized spacial score (nSPS) is 37.9. The maximum Gasteiger partial charge on any atom is 0.0223 e. The summed E-state index contributed by atoms with van der Waals surface area (Å²) in [6.07, 6.45) is 16.1. The lowest BCUT2D eigenvalue weighted by Gasteiger charge is -2.38. The average Bonchev–Trinajstić information content (AvgIpc) is 2.88. The summed E-state index contributed by atoms with van der Waals surface area (Å²) in [6, 6.07) is 1.65. The van der Waals surface area contributed by atoms with Crippen molar-refractivity contribution in [1.29, 1.82) is 0 Å². The fourth-order valence-corrected chi connectivity index (χ4v) is 5.15. The Balaban J connectivity index is 1.63. The van der Waals surface area contributed by atoms with Gasteiger partial charge in [-0.3, -0.25) is 4.90 Å². The van der Waals surface area contributed by atoms with Crippen LogP contribution < -0.4 is 5.32 Å². The summed E-state index contributed by atoms with van der Waals surface area (Å²) < 4.78 is 0. The number of hydrogen-bond acceptors (Lipinski definition) is 2. The molecule has 1 saturated heterocycles. The smallest absolute Gasteiger partial charge is 0.0223 e. The van der Waals surface area contributed by atoms with E-state index < -0.39 is 0 Å². The van der Waals surface area contributed by atoms with Crippen LogP contribution in [0.2, 0.25) is 0 Å². The molecule has 1 N–H and O–H groups in total. The van der Waals surface area contributed by atoms with Gasteiger partial charge in [-0.05, 0) is 57.0 Å². The van der Waals surface area contributed by atoms with Crippen molar-refractivity contribution >= 4 is 0 Å². The van der Waals surface area contributed by atoms with Crippen LogP contribution >= 0.6 is 0 Å². The highest BCUT2D eigenvalue weighted by Crippen LogP contribution is 2.31. The third-order valence-corrected chi connectivity index (χ3v) is 6.46. The monoisotopic (exact) mass is 292 g/mol. The zero-order valence-electron chi connectivity index (χ0n) is 14.2. The second-order valence-electron chi connectivity index (χ2n) is 7.99. The molecule has 3 unspecified atom stereocenters. The third-order valence-electron chi connectivity index (χ3n) is 6.46. The van der Waals surface area contributed by atoms with E-state index in [0.717, 1.165) is 23.9 Å². The van der Waals surface area contributed by atoms with E-state index in [1.165, 1.54) is 90.3 Å². The molecule has 1 heterocycles. The van der Waals surface area contributed by atoms with Crippen molar-refractivity contribution in [2.45, 2.75) is 89.6 Å². The molecule has 3 rings (SSSR count). The van der Waals surface area contributed by atoms with Gasteiger partial charge in [0.1, 0.15) is 0 Å². The average molecular weight is 293 g/mol. The van der Waals surface area contributed by atoms with E-state index in [0.29, 0.717) is 0 Å². The van der Waals surface area contributed by atoms with Crippen LogP contribution in [0.1, 0.15) is 77.6 Å². The number of hydrogen-bond donors (Lipinski definition) is 1. The summed E-state index contributed by atoms with van der Waals surface area (Å²) in [5, 5.41) is 3.91. The van der Waals surface area contributed by atoms with Crippen molar-refractivity contribution in [2.24, 2.45) is 11.8 Å². The first-order valence-electron chi connectivity index (χ1n) is 9.82. The van der Waals surface area contributed by atoms with E-state index in [1.807, 2.05) is 0 Å². The summed E-state index contributed by atoms with van der Waals surface area (Å²) in [5.74, 6) is 1.87. The molecule has 1 aliphatic heterocycles. The Labute approximate surface area is 132 Å². The Morgan fingerprint density at radius 3 is 2.33 bits per heavy atom. The molecule has 3 aliphatic rings. The van der Waals surface area contributed by atoms with Crippen molar-refractivity contribution in [3.8, 4) is 0 Å². The van der Waals surface area contributed by atoms with Crippen molar-refractivity contribution in [2.75, 3.05) is 19.6 Å². The summed E-state index contributed by atoms with van der Waals surface area (Å²) in [6.45, 7) is 6.44. The van der Waals surface area contributed by atoms with Gasteiger partial charge in [0.15, 0.2) is 0 Å². The minimum absolute atomic E-state index is 0.781. The van der Waals surface area contributed by atoms with Gasteiger partial charge in [-0.25, -0.2) is 0 Å². The molecule has 2 saturated carbocycles. The predicted molar refractivity (Wildman–Crippen MR) is 90.6 cm³/mol. The minimum Gasteiger partial charge on any atom is -0.312 e. The highest BCUT2D eigenvalue weighted by molar-refractivity contribution is 4.89. The van der Waals surface area contributed by atoms with E-state index >= 15 is 0 Å². The van der Waals surface area contributed by atoms with E-state index in [9.17, 15) is 0 Å². The first-order chi connectivity index (χ1) is 10.3. The van der Waals surface area contributed by atoms with Gasteiger partial charge in [0.2, 0.25) is 0 Å². The summed E-state index contributed by atoms with van der Waals surface area (Å²) in [7, 11) is 0. The fourth-order valence-electron chi connectivity index (χ4n) is 5.15. The van der Waals surface area contributed by atoms with E-state index in [2.05, 4.69) is 17.1 Å². The highest BCUT2D eigenvalue weighted by atomic mass is 15.2. The number of nitrogens with zero attached hydrogens (tertiary/aromatic N) is 1. The van der Waals surface area contributed by atoms with Crippen LogP contribution in [0.5, 0.6) is 0 Å². The molecule has 2 aliphatic carbocycles. The molecule has 3 fully saturated rings. The molecule has 0 aromatic heterocycles. The number of nitrogens with one attached hydrogen (secondary N) is 1. The Bertz CT molecular complexity index is 298. The van der Waals surface area contributed by atoms with Crippen LogP contribution in [0.3, 0.4) is 0 Å². The number of rotatable bonds is 2. The molecule has 0 aromatic rings. The van der Waals surface area contributed by atoms with E-state index in [4.69, 9.17) is 0 Å². The molecule has 122 valence electrons. The molecule has 2 nitrogen and oxygen atoms in total. The summed E-state index contributed by atoms with van der Waals surface area (Å²) in [4.78, 5) is 2.90. The molecule has 3 atom stereocenters. The zero-order chi connectivity index (χ0) is 14.5. The predicted octanol–water partition coefficient (Wildman–Crippen LogP) is 4.20. The molecule has 0 radical (unpaired) electrons. The van der Waals surface area contributed by atoms with Crippen LogP contribution in [0.4, 0.5) is 0 Å². The zero-order valence-corrected chi connectivity index (χ0v) is 14.2. The Kier molecular flexibility index (Phi) is 5.99. The van der Waals surface area contributed by atoms with Crippen LogP contribution in [0.15, 0.2) is 0 Å². The fraction of sp³-hybridized carbons (Fsp3) is 1.00. The van der Waals surface area contributed by atoms with E-state index in [-0.39, 0.29) is 0 Å². The quantitative estimate of drug-likeness (QED) is 0.767. The lowest BCUT2D eigenvalue weighted by Crippen LogP contribution is -2.48. The lowest BCUT2D eigenvalue weighted by molar-refractivity contribution is 0.120. The standard InChI is InChI=1S/C19H36N2/c1-16-9-4-2-7-12-19(16)21-14-8-13-20-18(15-21)17-10-5-3-6-11-17/h16-20H,2-15H2,1H3. The first-order valence-corrected chi connectivity index (χ1v) is 9.82. The van der Waals surface area contributed by atoms with Crippen LogP contribution in [-0.4, -0.2) is 36.6 Å². The topological polar surface area (TPSA) is 15.3 Å². The molecule has 0 amide bonds. The third kappa shape index (κ3) is 4.22. The Hall–Kier alpha value is -0.0800. The maximum absolute atomic E-state index is 3.91. The lowest BCUT2D eigenvalue weighted by atomic mass is 9.83. The molecule has 2 heteroatoms. The van der Waals surface area contributed by atoms with Gasteiger partial charge in [-0.15, -0.1) is 0 Å². The molecule has 21 heavy (non-hydrogen) atoms. The summed E-state index contributed by atoms with van der Waals surface area (Å²) in [5.41, 5.74) is 0. The molecular weight excluding hydrogens is 256 g/mol. The molecular formula is C19H36N2. The maximum atomic E-state index is 3.91. The van der Waals surface area contributed by atoms with Crippen molar-refractivity contribution in [3.05, 3.63) is 0 Å². The van der Waals surface area contributed by atoms with Crippen molar-refractivity contribution in [3.63, 3.8) is 0 Å². The molecule has 0 bridgehead atoms. The second-order valence-corrected chi connectivity index (χ2v) is 7.99. The van der Waals surface area contributed by atoms with Crippen LogP contribution in [0, 0.1) is 11.8 Å². The molecule has 0 aromatic carbocycles. The highest BCUT2D eigenvalue weighted by Gasteiger charge is 2.32. The van der Waals surface area contributed by atoms with Crippen molar-refractivity contribution in [1.82, 2.24) is 10.2 Å². The van der Waals surface area contributed by atoms with Gasteiger partial charge in [0.25, 0.3) is 0 Å². The van der Waals surface area contributed by atoms with Gasteiger partial charge in [0.05, 0.1) is 0 Å².